The molecule has 1 heterocycles. The molecule has 0 aromatic carbocycles. The predicted molar refractivity (Wildman–Crippen MR) is 59.7 cm³/mol. The first kappa shape index (κ1) is 12.6. The van der Waals surface area contributed by atoms with Crippen molar-refractivity contribution in [2.45, 2.75) is 19.4 Å². The van der Waals surface area contributed by atoms with Crippen LogP contribution in [0.1, 0.15) is 25.0 Å². The van der Waals surface area contributed by atoms with E-state index >= 15 is 0 Å². The molecule has 1 rings (SSSR count). The van der Waals surface area contributed by atoms with Crippen LogP contribution in [0.3, 0.4) is 0 Å². The molecule has 0 fully saturated rings. The fourth-order valence-corrected chi connectivity index (χ4v) is 2.33. The molecule has 0 spiro atoms. The molecule has 0 aliphatic carbocycles. The number of hydrogen-bond donors (Lipinski definition) is 1. The summed E-state index contributed by atoms with van der Waals surface area (Å²) in [5.74, 6) is -0.247. The van der Waals surface area contributed by atoms with Gasteiger partial charge in [0, 0.05) is 6.61 Å². The largest absolute Gasteiger partial charge is 0.374 e. The van der Waals surface area contributed by atoms with Gasteiger partial charge in [0.25, 0.3) is 10.1 Å². The molecule has 86 valence electrons. The lowest BCUT2D eigenvalue weighted by atomic mass is 10.2. The molecule has 1 atom stereocenters. The van der Waals surface area contributed by atoms with Crippen molar-refractivity contribution in [2.24, 2.45) is 0 Å². The van der Waals surface area contributed by atoms with Gasteiger partial charge in [0.2, 0.25) is 0 Å². The quantitative estimate of drug-likeness (QED) is 0.620. The molecule has 0 amide bonds. The van der Waals surface area contributed by atoms with Gasteiger partial charge in [-0.05, 0) is 35.7 Å². The third-order valence-corrected chi connectivity index (χ3v) is 3.43. The summed E-state index contributed by atoms with van der Waals surface area (Å²) in [6, 6.07) is 1.97. The van der Waals surface area contributed by atoms with Gasteiger partial charge in [-0.3, -0.25) is 4.55 Å². The minimum atomic E-state index is -3.85. The highest BCUT2D eigenvalue weighted by Gasteiger charge is 2.07. The van der Waals surface area contributed by atoms with Crippen molar-refractivity contribution in [3.8, 4) is 0 Å². The first-order chi connectivity index (χ1) is 6.99. The van der Waals surface area contributed by atoms with Crippen LogP contribution in [-0.4, -0.2) is 25.3 Å². The van der Waals surface area contributed by atoms with Crippen molar-refractivity contribution in [3.63, 3.8) is 0 Å². The Morgan fingerprint density at radius 1 is 1.60 bits per heavy atom. The third kappa shape index (κ3) is 5.27. The van der Waals surface area contributed by atoms with Crippen LogP contribution >= 0.6 is 11.3 Å². The second-order valence-corrected chi connectivity index (χ2v) is 5.56. The normalized spacial score (nSPS) is 14.0. The average molecular weight is 250 g/mol. The highest BCUT2D eigenvalue weighted by atomic mass is 32.2. The smallest absolute Gasteiger partial charge is 0.264 e. The minimum absolute atomic E-state index is 0.0300. The average Bonchev–Trinajstić information content (AvgIpc) is 2.63. The molecule has 15 heavy (non-hydrogen) atoms. The van der Waals surface area contributed by atoms with Gasteiger partial charge in [0.05, 0.1) is 11.9 Å². The monoisotopic (exact) mass is 250 g/mol. The summed E-state index contributed by atoms with van der Waals surface area (Å²) in [4.78, 5) is 0. The van der Waals surface area contributed by atoms with Crippen LogP contribution in [-0.2, 0) is 14.9 Å². The highest BCUT2D eigenvalue weighted by Crippen LogP contribution is 2.19. The molecule has 1 unspecified atom stereocenters. The van der Waals surface area contributed by atoms with E-state index in [0.717, 1.165) is 5.56 Å². The number of hydrogen-bond acceptors (Lipinski definition) is 4. The van der Waals surface area contributed by atoms with E-state index in [1.165, 1.54) is 0 Å². The second-order valence-electron chi connectivity index (χ2n) is 3.21. The summed E-state index contributed by atoms with van der Waals surface area (Å²) in [5, 5.41) is 3.96. The van der Waals surface area contributed by atoms with Crippen LogP contribution in [0.2, 0.25) is 0 Å². The zero-order valence-electron chi connectivity index (χ0n) is 8.42. The molecule has 1 N–H and O–H groups in total. The Kier molecular flexibility index (Phi) is 4.72. The summed E-state index contributed by atoms with van der Waals surface area (Å²) >= 11 is 1.60. The van der Waals surface area contributed by atoms with Gasteiger partial charge in [-0.15, -0.1) is 0 Å². The zero-order chi connectivity index (χ0) is 11.3. The number of ether oxygens (including phenoxy) is 1. The van der Waals surface area contributed by atoms with Gasteiger partial charge in [-0.1, -0.05) is 0 Å². The van der Waals surface area contributed by atoms with E-state index in [0.29, 0.717) is 13.0 Å². The number of rotatable bonds is 6. The molecule has 0 saturated heterocycles. The molecular weight excluding hydrogens is 236 g/mol. The van der Waals surface area contributed by atoms with Crippen LogP contribution in [0, 0.1) is 0 Å². The van der Waals surface area contributed by atoms with Crippen LogP contribution in [0.4, 0.5) is 0 Å². The zero-order valence-corrected chi connectivity index (χ0v) is 10.1. The van der Waals surface area contributed by atoms with Crippen molar-refractivity contribution in [3.05, 3.63) is 22.4 Å². The Morgan fingerprint density at radius 2 is 2.33 bits per heavy atom. The fourth-order valence-electron chi connectivity index (χ4n) is 1.10. The first-order valence-electron chi connectivity index (χ1n) is 4.58. The second kappa shape index (κ2) is 5.60. The van der Waals surface area contributed by atoms with Crippen LogP contribution in [0.15, 0.2) is 16.8 Å². The first-order valence-corrected chi connectivity index (χ1v) is 7.13. The Morgan fingerprint density at radius 3 is 2.87 bits per heavy atom. The van der Waals surface area contributed by atoms with Crippen LogP contribution in [0.25, 0.3) is 0 Å². The lowest BCUT2D eigenvalue weighted by Gasteiger charge is -2.10. The van der Waals surface area contributed by atoms with E-state index in [1.807, 2.05) is 23.8 Å². The molecule has 0 bridgehead atoms. The fraction of sp³-hybridized carbons (Fsp3) is 0.556. The van der Waals surface area contributed by atoms with E-state index in [1.54, 1.807) is 11.3 Å². The highest BCUT2D eigenvalue weighted by molar-refractivity contribution is 7.85. The maximum absolute atomic E-state index is 10.4. The lowest BCUT2D eigenvalue weighted by molar-refractivity contribution is 0.0667. The van der Waals surface area contributed by atoms with Crippen molar-refractivity contribution in [2.75, 3.05) is 12.4 Å². The summed E-state index contributed by atoms with van der Waals surface area (Å²) in [6.07, 6.45) is 0.283. The van der Waals surface area contributed by atoms with E-state index in [-0.39, 0.29) is 11.9 Å². The number of thiophene rings is 1. The summed E-state index contributed by atoms with van der Waals surface area (Å²) in [5.41, 5.74) is 1.09. The molecule has 0 radical (unpaired) electrons. The molecule has 1 aromatic rings. The maximum atomic E-state index is 10.4. The molecular formula is C9H14O4S2. The third-order valence-electron chi connectivity index (χ3n) is 1.93. The van der Waals surface area contributed by atoms with Crippen molar-refractivity contribution >= 4 is 21.5 Å². The van der Waals surface area contributed by atoms with Gasteiger partial charge < -0.3 is 4.74 Å². The topological polar surface area (TPSA) is 63.6 Å². The van der Waals surface area contributed by atoms with Crippen molar-refractivity contribution in [1.29, 1.82) is 0 Å². The van der Waals surface area contributed by atoms with Gasteiger partial charge >= 0.3 is 0 Å². The van der Waals surface area contributed by atoms with E-state index in [2.05, 4.69) is 0 Å². The summed E-state index contributed by atoms with van der Waals surface area (Å²) < 4.78 is 34.7. The van der Waals surface area contributed by atoms with Crippen LogP contribution in [0.5, 0.6) is 0 Å². The Balaban J connectivity index is 2.21. The lowest BCUT2D eigenvalue weighted by Crippen LogP contribution is -2.08. The molecule has 6 heteroatoms. The van der Waals surface area contributed by atoms with Gasteiger partial charge in [0.15, 0.2) is 0 Å². The SMILES string of the molecule is CC(OCCCS(=O)(=O)O)c1ccsc1. The standard InChI is InChI=1S/C9H14O4S2/c1-8(9-3-5-14-7-9)13-4-2-6-15(10,11)12/h3,5,7-8H,2,4,6H2,1H3,(H,10,11,12). The van der Waals surface area contributed by atoms with Crippen molar-refractivity contribution < 1.29 is 17.7 Å². The Bertz CT molecular complexity index is 369. The van der Waals surface area contributed by atoms with Crippen LogP contribution < -0.4 is 0 Å². The summed E-state index contributed by atoms with van der Waals surface area (Å²) in [6.45, 7) is 2.24. The van der Waals surface area contributed by atoms with E-state index in [4.69, 9.17) is 9.29 Å². The molecule has 0 aliphatic rings. The minimum Gasteiger partial charge on any atom is -0.374 e. The van der Waals surface area contributed by atoms with E-state index < -0.39 is 10.1 Å². The molecule has 1 aromatic heterocycles. The predicted octanol–water partition coefficient (Wildman–Crippen LogP) is 2.10. The maximum Gasteiger partial charge on any atom is 0.264 e. The van der Waals surface area contributed by atoms with E-state index in [9.17, 15) is 8.42 Å². The van der Waals surface area contributed by atoms with Gasteiger partial charge in [0.1, 0.15) is 0 Å². The van der Waals surface area contributed by atoms with Crippen molar-refractivity contribution in [1.82, 2.24) is 0 Å². The van der Waals surface area contributed by atoms with Gasteiger partial charge in [-0.25, -0.2) is 0 Å². The Hall–Kier alpha value is -0.430. The summed E-state index contributed by atoms with van der Waals surface area (Å²) in [7, 11) is -3.85. The molecule has 4 nitrogen and oxygen atoms in total. The van der Waals surface area contributed by atoms with Gasteiger partial charge in [-0.2, -0.15) is 19.8 Å². The molecule has 0 saturated carbocycles. The Labute approximate surface area is 93.6 Å². The molecule has 0 aliphatic heterocycles.